The summed E-state index contributed by atoms with van der Waals surface area (Å²) in [6, 6.07) is 3.81. The number of aryl methyl sites for hydroxylation is 2. The van der Waals surface area contributed by atoms with E-state index in [1.165, 1.54) is 6.42 Å². The average Bonchev–Trinajstić information content (AvgIpc) is 2.50. The lowest BCUT2D eigenvalue weighted by atomic mass is 10.1. The predicted molar refractivity (Wildman–Crippen MR) is 82.4 cm³/mol. The van der Waals surface area contributed by atoms with E-state index in [9.17, 15) is 9.90 Å². The number of carbonyl (C=O) groups is 1. The quantitative estimate of drug-likeness (QED) is 0.927. The molecule has 1 saturated heterocycles. The number of rotatable bonds is 4. The van der Waals surface area contributed by atoms with E-state index in [1.54, 1.807) is 0 Å². The molecule has 1 N–H and O–H groups in total. The van der Waals surface area contributed by atoms with E-state index in [1.807, 2.05) is 37.8 Å². The summed E-state index contributed by atoms with van der Waals surface area (Å²) in [6.07, 6.45) is 2.91. The van der Waals surface area contributed by atoms with E-state index in [-0.39, 0.29) is 12.5 Å². The first-order valence-electron chi connectivity index (χ1n) is 7.69. The minimum absolute atomic E-state index is 0.0181. The van der Waals surface area contributed by atoms with Gasteiger partial charge in [-0.15, -0.1) is 0 Å². The summed E-state index contributed by atoms with van der Waals surface area (Å²) in [5.74, 6) is 0.824. The van der Waals surface area contributed by atoms with Crippen molar-refractivity contribution in [2.75, 3.05) is 13.1 Å². The minimum Gasteiger partial charge on any atom is -0.480 e. The van der Waals surface area contributed by atoms with Crippen molar-refractivity contribution in [2.45, 2.75) is 52.7 Å². The molecule has 0 aliphatic carbocycles. The molecule has 21 heavy (non-hydrogen) atoms. The Labute approximate surface area is 126 Å². The van der Waals surface area contributed by atoms with Crippen LogP contribution in [0.4, 0.5) is 0 Å². The molecule has 1 atom stereocenters. The van der Waals surface area contributed by atoms with E-state index in [0.717, 1.165) is 48.4 Å². The van der Waals surface area contributed by atoms with Crippen LogP contribution in [0, 0.1) is 13.8 Å². The summed E-state index contributed by atoms with van der Waals surface area (Å²) in [6.45, 7) is 7.40. The van der Waals surface area contributed by atoms with Crippen molar-refractivity contribution >= 4 is 5.91 Å². The summed E-state index contributed by atoms with van der Waals surface area (Å²) in [5.41, 5.74) is 2.78. The average molecular weight is 291 g/mol. The number of likely N-dealkylation sites (tertiary alicyclic amines) is 1. The van der Waals surface area contributed by atoms with Gasteiger partial charge in [0.05, 0.1) is 6.61 Å². The van der Waals surface area contributed by atoms with Gasteiger partial charge < -0.3 is 14.7 Å². The molecule has 0 saturated carbocycles. The van der Waals surface area contributed by atoms with Crippen molar-refractivity contribution in [1.29, 1.82) is 0 Å². The molecule has 2 rings (SSSR count). The lowest BCUT2D eigenvalue weighted by molar-refractivity contribution is -0.138. The zero-order valence-corrected chi connectivity index (χ0v) is 13.2. The van der Waals surface area contributed by atoms with Crippen molar-refractivity contribution in [3.8, 4) is 5.75 Å². The van der Waals surface area contributed by atoms with Gasteiger partial charge in [-0.1, -0.05) is 12.1 Å². The molecule has 1 fully saturated rings. The number of aliphatic hydroxyl groups excluding tert-OH is 1. The number of amides is 1. The molecule has 0 spiro atoms. The Morgan fingerprint density at radius 2 is 1.81 bits per heavy atom. The summed E-state index contributed by atoms with van der Waals surface area (Å²) in [7, 11) is 0. The molecule has 0 aromatic heterocycles. The van der Waals surface area contributed by atoms with Gasteiger partial charge in [0.25, 0.3) is 5.91 Å². The number of ether oxygens (including phenoxy) is 1. The van der Waals surface area contributed by atoms with Crippen LogP contribution < -0.4 is 4.74 Å². The van der Waals surface area contributed by atoms with Crippen LogP contribution in [0.5, 0.6) is 5.75 Å². The van der Waals surface area contributed by atoms with Crippen molar-refractivity contribution in [3.05, 3.63) is 28.8 Å². The fourth-order valence-corrected chi connectivity index (χ4v) is 2.92. The number of benzene rings is 1. The molecule has 0 bridgehead atoms. The van der Waals surface area contributed by atoms with Gasteiger partial charge in [-0.05, 0) is 56.7 Å². The normalized spacial score (nSPS) is 16.7. The third-order valence-electron chi connectivity index (χ3n) is 4.01. The highest BCUT2D eigenvalue weighted by Crippen LogP contribution is 2.26. The summed E-state index contributed by atoms with van der Waals surface area (Å²) < 4.78 is 5.92. The maximum atomic E-state index is 12.4. The van der Waals surface area contributed by atoms with Crippen molar-refractivity contribution < 1.29 is 14.6 Å². The molecule has 1 aliphatic heterocycles. The lowest BCUT2D eigenvalue weighted by Crippen LogP contribution is -2.43. The third-order valence-corrected chi connectivity index (χ3v) is 4.01. The van der Waals surface area contributed by atoms with Crippen LogP contribution in [-0.4, -0.2) is 35.1 Å². The number of nitrogens with zero attached hydrogens (tertiary/aromatic N) is 1. The highest BCUT2D eigenvalue weighted by Gasteiger charge is 2.24. The van der Waals surface area contributed by atoms with Gasteiger partial charge in [-0.2, -0.15) is 0 Å². The van der Waals surface area contributed by atoms with Crippen molar-refractivity contribution in [1.82, 2.24) is 4.90 Å². The summed E-state index contributed by atoms with van der Waals surface area (Å²) >= 11 is 0. The van der Waals surface area contributed by atoms with Crippen LogP contribution >= 0.6 is 0 Å². The number of carbonyl (C=O) groups excluding carboxylic acids is 1. The Bertz CT molecular complexity index is 484. The first-order chi connectivity index (χ1) is 10.0. The smallest absolute Gasteiger partial charge is 0.263 e. The molecule has 1 heterocycles. The van der Waals surface area contributed by atoms with Gasteiger partial charge >= 0.3 is 0 Å². The largest absolute Gasteiger partial charge is 0.480 e. The van der Waals surface area contributed by atoms with Gasteiger partial charge in [-0.3, -0.25) is 4.79 Å². The van der Waals surface area contributed by atoms with Gasteiger partial charge in [0, 0.05) is 13.1 Å². The van der Waals surface area contributed by atoms with Gasteiger partial charge in [-0.25, -0.2) is 0 Å². The maximum Gasteiger partial charge on any atom is 0.263 e. The van der Waals surface area contributed by atoms with Crippen molar-refractivity contribution in [2.24, 2.45) is 0 Å². The second-order valence-corrected chi connectivity index (χ2v) is 5.86. The van der Waals surface area contributed by atoms with Crippen LogP contribution in [0.1, 0.15) is 42.9 Å². The molecule has 1 aliphatic rings. The molecule has 116 valence electrons. The summed E-state index contributed by atoms with van der Waals surface area (Å²) in [5, 5.41) is 9.22. The van der Waals surface area contributed by atoms with Crippen LogP contribution in [0.3, 0.4) is 0 Å². The number of hydrogen-bond acceptors (Lipinski definition) is 3. The van der Waals surface area contributed by atoms with E-state index in [4.69, 9.17) is 4.74 Å². The summed E-state index contributed by atoms with van der Waals surface area (Å²) in [4.78, 5) is 14.3. The molecule has 1 unspecified atom stereocenters. The second kappa shape index (κ2) is 6.94. The molecule has 4 heteroatoms. The molecule has 4 nitrogen and oxygen atoms in total. The Balaban J connectivity index is 2.08. The zero-order chi connectivity index (χ0) is 15.4. The zero-order valence-electron chi connectivity index (χ0n) is 13.2. The Morgan fingerprint density at radius 1 is 1.24 bits per heavy atom. The molecule has 1 aromatic rings. The lowest BCUT2D eigenvalue weighted by Gasteiger charge is -2.29. The minimum atomic E-state index is -0.472. The van der Waals surface area contributed by atoms with Gasteiger partial charge in [0.2, 0.25) is 0 Å². The highest BCUT2D eigenvalue weighted by molar-refractivity contribution is 5.81. The topological polar surface area (TPSA) is 49.8 Å². The molecular weight excluding hydrogens is 266 g/mol. The predicted octanol–water partition coefficient (Wildman–Crippen LogP) is 2.58. The number of aliphatic hydroxyl groups is 1. The number of piperidine rings is 1. The van der Waals surface area contributed by atoms with E-state index in [0.29, 0.717) is 0 Å². The standard InChI is InChI=1S/C17H25NO3/c1-12-9-15(11-19)10-13(2)16(12)21-14(3)17(20)18-7-5-4-6-8-18/h9-10,14,19H,4-8,11H2,1-3H3. The molecule has 1 aromatic carbocycles. The molecular formula is C17H25NO3. The Kier molecular flexibility index (Phi) is 5.23. The SMILES string of the molecule is Cc1cc(CO)cc(C)c1OC(C)C(=O)N1CCCCC1. The fourth-order valence-electron chi connectivity index (χ4n) is 2.92. The number of hydrogen-bond donors (Lipinski definition) is 1. The Hall–Kier alpha value is -1.55. The van der Waals surface area contributed by atoms with E-state index in [2.05, 4.69) is 0 Å². The third kappa shape index (κ3) is 3.76. The molecule has 0 radical (unpaired) electrons. The first kappa shape index (κ1) is 15.8. The van der Waals surface area contributed by atoms with Crippen molar-refractivity contribution in [3.63, 3.8) is 0 Å². The van der Waals surface area contributed by atoms with Gasteiger partial charge in [0.1, 0.15) is 5.75 Å². The molecule has 1 amide bonds. The maximum absolute atomic E-state index is 12.4. The Morgan fingerprint density at radius 3 is 2.33 bits per heavy atom. The first-order valence-corrected chi connectivity index (χ1v) is 7.69. The second-order valence-electron chi connectivity index (χ2n) is 5.86. The van der Waals surface area contributed by atoms with Gasteiger partial charge in [0.15, 0.2) is 6.10 Å². The van der Waals surface area contributed by atoms with E-state index < -0.39 is 6.10 Å². The monoisotopic (exact) mass is 291 g/mol. The van der Waals surface area contributed by atoms with Crippen LogP contribution in [-0.2, 0) is 11.4 Å². The van der Waals surface area contributed by atoms with Crippen LogP contribution in [0.2, 0.25) is 0 Å². The van der Waals surface area contributed by atoms with Crippen LogP contribution in [0.15, 0.2) is 12.1 Å². The highest BCUT2D eigenvalue weighted by atomic mass is 16.5. The van der Waals surface area contributed by atoms with E-state index >= 15 is 0 Å². The van der Waals surface area contributed by atoms with Crippen LogP contribution in [0.25, 0.3) is 0 Å². The fraction of sp³-hybridized carbons (Fsp3) is 0.588.